The molecular formula is C15H14N2O4. The van der Waals surface area contributed by atoms with Gasteiger partial charge in [-0.1, -0.05) is 18.2 Å². The van der Waals surface area contributed by atoms with E-state index in [9.17, 15) is 14.7 Å². The van der Waals surface area contributed by atoms with Crippen molar-refractivity contribution in [2.75, 3.05) is 6.54 Å². The van der Waals surface area contributed by atoms with Crippen LogP contribution >= 0.6 is 0 Å². The van der Waals surface area contributed by atoms with E-state index in [1.165, 1.54) is 24.4 Å². The van der Waals surface area contributed by atoms with E-state index in [1.54, 1.807) is 18.2 Å². The number of rotatable bonds is 5. The van der Waals surface area contributed by atoms with Crippen LogP contribution < -0.4 is 5.32 Å². The number of hydrogen-bond donors (Lipinski definition) is 3. The fourth-order valence-electron chi connectivity index (χ4n) is 1.91. The summed E-state index contributed by atoms with van der Waals surface area (Å²) in [5.41, 5.74) is 0.798. The summed E-state index contributed by atoms with van der Waals surface area (Å²) < 4.78 is 0. The summed E-state index contributed by atoms with van der Waals surface area (Å²) in [4.78, 5) is 26.7. The van der Waals surface area contributed by atoms with Gasteiger partial charge in [-0.3, -0.25) is 4.79 Å². The van der Waals surface area contributed by atoms with Crippen molar-refractivity contribution in [1.29, 1.82) is 0 Å². The van der Waals surface area contributed by atoms with Crippen molar-refractivity contribution in [2.24, 2.45) is 0 Å². The number of nitrogens with one attached hydrogen (secondary N) is 1. The van der Waals surface area contributed by atoms with Gasteiger partial charge in [0.05, 0.1) is 5.56 Å². The van der Waals surface area contributed by atoms with Gasteiger partial charge in [0.2, 0.25) is 0 Å². The molecule has 1 heterocycles. The molecule has 6 heteroatoms. The van der Waals surface area contributed by atoms with E-state index in [4.69, 9.17) is 5.11 Å². The van der Waals surface area contributed by atoms with Crippen molar-refractivity contribution in [3.8, 4) is 5.75 Å². The van der Waals surface area contributed by atoms with Gasteiger partial charge in [0.25, 0.3) is 5.91 Å². The minimum atomic E-state index is -1.00. The van der Waals surface area contributed by atoms with Gasteiger partial charge in [-0.05, 0) is 30.2 Å². The van der Waals surface area contributed by atoms with Gasteiger partial charge in [0, 0.05) is 12.7 Å². The highest BCUT2D eigenvalue weighted by Crippen LogP contribution is 2.12. The molecule has 6 nitrogen and oxygen atoms in total. The molecule has 0 aliphatic carbocycles. The predicted molar refractivity (Wildman–Crippen MR) is 75.3 cm³/mol. The van der Waals surface area contributed by atoms with E-state index in [1.807, 2.05) is 0 Å². The Kier molecular flexibility index (Phi) is 4.50. The molecule has 0 saturated heterocycles. The van der Waals surface area contributed by atoms with E-state index in [-0.39, 0.29) is 23.6 Å². The molecule has 108 valence electrons. The third kappa shape index (κ3) is 3.56. The molecule has 0 aliphatic heterocycles. The van der Waals surface area contributed by atoms with Crippen molar-refractivity contribution < 1.29 is 19.8 Å². The molecule has 0 aliphatic rings. The Morgan fingerprint density at radius 3 is 2.62 bits per heavy atom. The summed E-state index contributed by atoms with van der Waals surface area (Å²) in [6.45, 7) is 0.249. The van der Waals surface area contributed by atoms with Gasteiger partial charge >= 0.3 is 5.97 Å². The average molecular weight is 286 g/mol. The first-order valence-corrected chi connectivity index (χ1v) is 6.33. The van der Waals surface area contributed by atoms with Crippen LogP contribution in [0.2, 0.25) is 0 Å². The molecule has 1 amide bonds. The van der Waals surface area contributed by atoms with Crippen LogP contribution in [0.3, 0.4) is 0 Å². The maximum absolute atomic E-state index is 11.8. The van der Waals surface area contributed by atoms with E-state index < -0.39 is 11.9 Å². The fraction of sp³-hybridized carbons (Fsp3) is 0.133. The first-order chi connectivity index (χ1) is 10.1. The standard InChI is InChI=1S/C15H14N2O4/c18-12-6-3-8-16-13(12)14(19)17-9-7-10-4-1-2-5-11(10)15(20)21/h1-6,8,18H,7,9H2,(H,17,19)(H,20,21). The van der Waals surface area contributed by atoms with Crippen LogP contribution in [0.15, 0.2) is 42.6 Å². The maximum atomic E-state index is 11.8. The molecule has 0 fully saturated rings. The van der Waals surface area contributed by atoms with Crippen LogP contribution in [0.4, 0.5) is 0 Å². The van der Waals surface area contributed by atoms with Gasteiger partial charge < -0.3 is 15.5 Å². The van der Waals surface area contributed by atoms with Crippen LogP contribution in [0.5, 0.6) is 5.75 Å². The number of carbonyl (C=O) groups excluding carboxylic acids is 1. The normalized spacial score (nSPS) is 10.1. The van der Waals surface area contributed by atoms with E-state index in [0.29, 0.717) is 12.0 Å². The van der Waals surface area contributed by atoms with Crippen molar-refractivity contribution in [3.05, 3.63) is 59.4 Å². The topological polar surface area (TPSA) is 99.5 Å². The lowest BCUT2D eigenvalue weighted by Gasteiger charge is -2.08. The molecule has 21 heavy (non-hydrogen) atoms. The van der Waals surface area contributed by atoms with Crippen molar-refractivity contribution in [3.63, 3.8) is 0 Å². The highest BCUT2D eigenvalue weighted by Gasteiger charge is 2.12. The lowest BCUT2D eigenvalue weighted by Crippen LogP contribution is -2.27. The Hall–Kier alpha value is -2.89. The van der Waals surface area contributed by atoms with Crippen LogP contribution in [-0.2, 0) is 6.42 Å². The van der Waals surface area contributed by atoms with Crippen LogP contribution in [0, 0.1) is 0 Å². The molecule has 1 aromatic heterocycles. The van der Waals surface area contributed by atoms with Crippen LogP contribution in [0.1, 0.15) is 26.4 Å². The van der Waals surface area contributed by atoms with Crippen molar-refractivity contribution in [2.45, 2.75) is 6.42 Å². The number of nitrogens with zero attached hydrogens (tertiary/aromatic N) is 1. The molecule has 0 unspecified atom stereocenters. The first kappa shape index (κ1) is 14.5. The largest absolute Gasteiger partial charge is 0.505 e. The SMILES string of the molecule is O=C(O)c1ccccc1CCNC(=O)c1ncccc1O. The number of benzene rings is 1. The number of carboxylic acids is 1. The van der Waals surface area contributed by atoms with Gasteiger partial charge in [-0.15, -0.1) is 0 Å². The first-order valence-electron chi connectivity index (χ1n) is 6.33. The number of aromatic hydroxyl groups is 1. The monoisotopic (exact) mass is 286 g/mol. The fourth-order valence-corrected chi connectivity index (χ4v) is 1.91. The number of hydrogen-bond acceptors (Lipinski definition) is 4. The summed E-state index contributed by atoms with van der Waals surface area (Å²) in [6.07, 6.45) is 1.79. The van der Waals surface area contributed by atoms with E-state index in [0.717, 1.165) is 0 Å². The third-order valence-corrected chi connectivity index (χ3v) is 2.93. The lowest BCUT2D eigenvalue weighted by atomic mass is 10.0. The Morgan fingerprint density at radius 2 is 1.90 bits per heavy atom. The molecule has 2 aromatic rings. The zero-order valence-corrected chi connectivity index (χ0v) is 11.1. The zero-order chi connectivity index (χ0) is 15.2. The minimum Gasteiger partial charge on any atom is -0.505 e. The van der Waals surface area contributed by atoms with E-state index >= 15 is 0 Å². The summed E-state index contributed by atoms with van der Waals surface area (Å²) in [7, 11) is 0. The number of amides is 1. The molecule has 1 aromatic carbocycles. The van der Waals surface area contributed by atoms with Gasteiger partial charge in [-0.2, -0.15) is 0 Å². The van der Waals surface area contributed by atoms with Crippen LogP contribution in [0.25, 0.3) is 0 Å². The lowest BCUT2D eigenvalue weighted by molar-refractivity contribution is 0.0695. The number of carbonyl (C=O) groups is 2. The smallest absolute Gasteiger partial charge is 0.335 e. The maximum Gasteiger partial charge on any atom is 0.335 e. The summed E-state index contributed by atoms with van der Waals surface area (Å²) in [5, 5.41) is 21.2. The molecule has 0 bridgehead atoms. The van der Waals surface area contributed by atoms with Crippen molar-refractivity contribution >= 4 is 11.9 Å². The quantitative estimate of drug-likeness (QED) is 0.772. The number of carboxylic acid groups (broad SMARTS) is 1. The second-order valence-corrected chi connectivity index (χ2v) is 4.34. The number of aromatic carboxylic acids is 1. The molecular weight excluding hydrogens is 272 g/mol. The molecule has 0 radical (unpaired) electrons. The molecule has 0 saturated carbocycles. The number of pyridine rings is 1. The minimum absolute atomic E-state index is 0.0518. The Morgan fingerprint density at radius 1 is 1.14 bits per heavy atom. The Labute approximate surface area is 121 Å². The van der Waals surface area contributed by atoms with Crippen molar-refractivity contribution in [1.82, 2.24) is 10.3 Å². The summed E-state index contributed by atoms with van der Waals surface area (Å²) >= 11 is 0. The van der Waals surface area contributed by atoms with Gasteiger partial charge in [-0.25, -0.2) is 9.78 Å². The van der Waals surface area contributed by atoms with Crippen LogP contribution in [-0.4, -0.2) is 33.6 Å². The number of aromatic nitrogens is 1. The Bertz CT molecular complexity index is 670. The second kappa shape index (κ2) is 6.51. The van der Waals surface area contributed by atoms with Gasteiger partial charge in [0.1, 0.15) is 5.75 Å². The average Bonchev–Trinajstić information content (AvgIpc) is 2.48. The highest BCUT2D eigenvalue weighted by atomic mass is 16.4. The zero-order valence-electron chi connectivity index (χ0n) is 11.1. The Balaban J connectivity index is 1.98. The molecule has 3 N–H and O–H groups in total. The second-order valence-electron chi connectivity index (χ2n) is 4.34. The molecule has 2 rings (SSSR count). The highest BCUT2D eigenvalue weighted by molar-refractivity contribution is 5.94. The molecule has 0 atom stereocenters. The van der Waals surface area contributed by atoms with E-state index in [2.05, 4.69) is 10.3 Å². The predicted octanol–water partition coefficient (Wildman–Crippen LogP) is 1.46. The summed E-state index contributed by atoms with van der Waals surface area (Å²) in [5.74, 6) is -1.69. The van der Waals surface area contributed by atoms with Gasteiger partial charge in [0.15, 0.2) is 5.69 Å². The summed E-state index contributed by atoms with van der Waals surface area (Å²) in [6, 6.07) is 9.51. The third-order valence-electron chi connectivity index (χ3n) is 2.93. The molecule has 0 spiro atoms.